The van der Waals surface area contributed by atoms with E-state index in [1.165, 1.54) is 6.20 Å². The Kier molecular flexibility index (Phi) is 3.84. The van der Waals surface area contributed by atoms with Gasteiger partial charge in [-0.25, -0.2) is 4.79 Å². The standard InChI is InChI=1S/C9H13N3O3/c1-2-7(9(14)15)11-8(13)5-6-3-4-10-12-6/h3-4,7H,2,5H2,1H3,(H,10,12)(H,11,13)(H,14,15)/t7-/m0/s1. The average Bonchev–Trinajstić information content (AvgIpc) is 2.66. The molecule has 15 heavy (non-hydrogen) atoms. The predicted octanol–water partition coefficient (Wildman–Crippen LogP) is -0.0684. The molecule has 6 nitrogen and oxygen atoms in total. The molecule has 1 aromatic heterocycles. The summed E-state index contributed by atoms with van der Waals surface area (Å²) in [7, 11) is 0. The molecule has 0 saturated heterocycles. The minimum absolute atomic E-state index is 0.115. The van der Waals surface area contributed by atoms with Gasteiger partial charge in [-0.15, -0.1) is 0 Å². The number of hydrogen-bond acceptors (Lipinski definition) is 3. The molecule has 0 unspecified atom stereocenters. The highest BCUT2D eigenvalue weighted by atomic mass is 16.4. The lowest BCUT2D eigenvalue weighted by Crippen LogP contribution is -2.41. The first kappa shape index (κ1) is 11.2. The summed E-state index contributed by atoms with van der Waals surface area (Å²) >= 11 is 0. The number of carbonyl (C=O) groups is 2. The second-order valence-electron chi connectivity index (χ2n) is 3.13. The van der Waals surface area contributed by atoms with Crippen molar-refractivity contribution in [2.45, 2.75) is 25.8 Å². The van der Waals surface area contributed by atoms with E-state index in [0.29, 0.717) is 12.1 Å². The third-order valence-corrected chi connectivity index (χ3v) is 1.95. The number of aromatic amines is 1. The largest absolute Gasteiger partial charge is 0.480 e. The molecule has 3 N–H and O–H groups in total. The molecule has 6 heteroatoms. The number of nitrogens with zero attached hydrogens (tertiary/aromatic N) is 1. The molecule has 0 aliphatic carbocycles. The number of hydrogen-bond donors (Lipinski definition) is 3. The second kappa shape index (κ2) is 5.14. The lowest BCUT2D eigenvalue weighted by atomic mass is 10.2. The van der Waals surface area contributed by atoms with E-state index in [1.54, 1.807) is 13.0 Å². The van der Waals surface area contributed by atoms with Crippen LogP contribution >= 0.6 is 0 Å². The van der Waals surface area contributed by atoms with Crippen molar-refractivity contribution >= 4 is 11.9 Å². The molecule has 1 amide bonds. The van der Waals surface area contributed by atoms with Gasteiger partial charge in [0.25, 0.3) is 0 Å². The molecule has 0 aromatic carbocycles. The number of carboxylic acids is 1. The van der Waals surface area contributed by atoms with Gasteiger partial charge in [-0.1, -0.05) is 6.92 Å². The van der Waals surface area contributed by atoms with Crippen molar-refractivity contribution in [2.24, 2.45) is 0 Å². The Bertz CT molecular complexity index is 334. The first-order valence-corrected chi connectivity index (χ1v) is 4.64. The Labute approximate surface area is 86.7 Å². The highest BCUT2D eigenvalue weighted by Gasteiger charge is 2.17. The Morgan fingerprint density at radius 3 is 2.87 bits per heavy atom. The van der Waals surface area contributed by atoms with E-state index in [0.717, 1.165) is 0 Å². The molecule has 0 aliphatic heterocycles. The van der Waals surface area contributed by atoms with Gasteiger partial charge in [0.1, 0.15) is 6.04 Å². The van der Waals surface area contributed by atoms with Gasteiger partial charge in [0.05, 0.1) is 6.42 Å². The molecule has 0 spiro atoms. The smallest absolute Gasteiger partial charge is 0.326 e. The number of H-pyrrole nitrogens is 1. The van der Waals surface area contributed by atoms with Crippen molar-refractivity contribution in [3.05, 3.63) is 18.0 Å². The zero-order chi connectivity index (χ0) is 11.3. The number of carboxylic acid groups (broad SMARTS) is 1. The zero-order valence-electron chi connectivity index (χ0n) is 8.36. The van der Waals surface area contributed by atoms with Gasteiger partial charge in [-0.2, -0.15) is 5.10 Å². The van der Waals surface area contributed by atoms with Gasteiger partial charge in [0.2, 0.25) is 5.91 Å². The molecule has 0 saturated carbocycles. The minimum atomic E-state index is -1.02. The Balaban J connectivity index is 2.45. The summed E-state index contributed by atoms with van der Waals surface area (Å²) in [5.74, 6) is -1.34. The lowest BCUT2D eigenvalue weighted by molar-refractivity contribution is -0.141. The maximum absolute atomic E-state index is 11.4. The van der Waals surface area contributed by atoms with Crippen LogP contribution in [0.5, 0.6) is 0 Å². The van der Waals surface area contributed by atoms with Crippen LogP contribution in [0.4, 0.5) is 0 Å². The second-order valence-corrected chi connectivity index (χ2v) is 3.13. The number of amides is 1. The molecular weight excluding hydrogens is 198 g/mol. The van der Waals surface area contributed by atoms with Gasteiger partial charge in [-0.05, 0) is 12.5 Å². The highest BCUT2D eigenvalue weighted by molar-refractivity contribution is 5.84. The van der Waals surface area contributed by atoms with Crippen molar-refractivity contribution < 1.29 is 14.7 Å². The topological polar surface area (TPSA) is 95.1 Å². The maximum Gasteiger partial charge on any atom is 0.326 e. The van der Waals surface area contributed by atoms with Gasteiger partial charge >= 0.3 is 5.97 Å². The number of nitrogens with one attached hydrogen (secondary N) is 2. The van der Waals surface area contributed by atoms with E-state index < -0.39 is 12.0 Å². The van der Waals surface area contributed by atoms with Crippen LogP contribution in [-0.4, -0.2) is 33.2 Å². The van der Waals surface area contributed by atoms with Crippen LogP contribution in [0, 0.1) is 0 Å². The van der Waals surface area contributed by atoms with Crippen molar-refractivity contribution in [3.8, 4) is 0 Å². The molecule has 0 radical (unpaired) electrons. The van der Waals surface area contributed by atoms with E-state index in [2.05, 4.69) is 15.5 Å². The highest BCUT2D eigenvalue weighted by Crippen LogP contribution is 1.96. The zero-order valence-corrected chi connectivity index (χ0v) is 8.36. The molecular formula is C9H13N3O3. The fourth-order valence-corrected chi connectivity index (χ4v) is 1.14. The summed E-state index contributed by atoms with van der Waals surface area (Å²) in [5, 5.41) is 17.5. The quantitative estimate of drug-likeness (QED) is 0.635. The number of aromatic nitrogens is 2. The van der Waals surface area contributed by atoms with Crippen LogP contribution in [-0.2, 0) is 16.0 Å². The third-order valence-electron chi connectivity index (χ3n) is 1.95. The Morgan fingerprint density at radius 1 is 1.67 bits per heavy atom. The Hall–Kier alpha value is -1.85. The average molecular weight is 211 g/mol. The van der Waals surface area contributed by atoms with Gasteiger partial charge in [0, 0.05) is 11.9 Å². The summed E-state index contributed by atoms with van der Waals surface area (Å²) < 4.78 is 0. The summed E-state index contributed by atoms with van der Waals surface area (Å²) in [6.45, 7) is 1.70. The number of carbonyl (C=O) groups excluding carboxylic acids is 1. The monoisotopic (exact) mass is 211 g/mol. The van der Waals surface area contributed by atoms with Gasteiger partial charge < -0.3 is 10.4 Å². The van der Waals surface area contributed by atoms with Crippen molar-refractivity contribution in [1.29, 1.82) is 0 Å². The Morgan fingerprint density at radius 2 is 2.40 bits per heavy atom. The van der Waals surface area contributed by atoms with Crippen LogP contribution < -0.4 is 5.32 Å². The lowest BCUT2D eigenvalue weighted by Gasteiger charge is -2.11. The predicted molar refractivity (Wildman–Crippen MR) is 52.1 cm³/mol. The molecule has 1 rings (SSSR count). The van der Waals surface area contributed by atoms with E-state index in [9.17, 15) is 9.59 Å². The SMILES string of the molecule is CC[C@H](NC(=O)Cc1ccn[nH]1)C(=O)O. The number of rotatable bonds is 5. The van der Waals surface area contributed by atoms with E-state index in [1.807, 2.05) is 0 Å². The minimum Gasteiger partial charge on any atom is -0.480 e. The molecule has 1 heterocycles. The van der Waals surface area contributed by atoms with Gasteiger partial charge in [0.15, 0.2) is 0 Å². The molecule has 0 bridgehead atoms. The van der Waals surface area contributed by atoms with Crippen LogP contribution in [0.25, 0.3) is 0 Å². The van der Waals surface area contributed by atoms with Crippen LogP contribution in [0.15, 0.2) is 12.3 Å². The molecule has 0 fully saturated rings. The fraction of sp³-hybridized carbons (Fsp3) is 0.444. The summed E-state index contributed by atoms with van der Waals surface area (Å²) in [5.41, 5.74) is 0.660. The molecule has 1 atom stereocenters. The maximum atomic E-state index is 11.4. The normalized spacial score (nSPS) is 12.1. The van der Waals surface area contributed by atoms with Crippen molar-refractivity contribution in [1.82, 2.24) is 15.5 Å². The van der Waals surface area contributed by atoms with Crippen molar-refractivity contribution in [2.75, 3.05) is 0 Å². The van der Waals surface area contributed by atoms with E-state index in [-0.39, 0.29) is 12.3 Å². The van der Waals surface area contributed by atoms with Crippen LogP contribution in [0.3, 0.4) is 0 Å². The molecule has 0 aliphatic rings. The fourth-order valence-electron chi connectivity index (χ4n) is 1.14. The van der Waals surface area contributed by atoms with Crippen LogP contribution in [0.2, 0.25) is 0 Å². The first-order valence-electron chi connectivity index (χ1n) is 4.64. The summed E-state index contributed by atoms with van der Waals surface area (Å²) in [6.07, 6.45) is 2.02. The third kappa shape index (κ3) is 3.41. The van der Waals surface area contributed by atoms with Crippen LogP contribution in [0.1, 0.15) is 19.0 Å². The van der Waals surface area contributed by atoms with Crippen molar-refractivity contribution in [3.63, 3.8) is 0 Å². The first-order chi connectivity index (χ1) is 7.13. The van der Waals surface area contributed by atoms with E-state index >= 15 is 0 Å². The summed E-state index contributed by atoms with van der Waals surface area (Å²) in [4.78, 5) is 22.0. The molecule has 82 valence electrons. The molecule has 1 aromatic rings. The number of aliphatic carboxylic acids is 1. The van der Waals surface area contributed by atoms with E-state index in [4.69, 9.17) is 5.11 Å². The van der Waals surface area contributed by atoms with Gasteiger partial charge in [-0.3, -0.25) is 9.89 Å². The summed E-state index contributed by atoms with van der Waals surface area (Å²) in [6, 6.07) is 0.849.